The Morgan fingerprint density at radius 3 is 1.57 bits per heavy atom. The molecule has 28 heavy (non-hydrogen) atoms. The van der Waals surface area contributed by atoms with E-state index in [9.17, 15) is 4.79 Å². The highest BCUT2D eigenvalue weighted by molar-refractivity contribution is 5.91. The lowest BCUT2D eigenvalue weighted by Gasteiger charge is -2.45. The van der Waals surface area contributed by atoms with Gasteiger partial charge in [0.15, 0.2) is 0 Å². The molecule has 3 nitrogen and oxygen atoms in total. The third-order valence-corrected chi connectivity index (χ3v) is 6.63. The van der Waals surface area contributed by atoms with Gasteiger partial charge >= 0.3 is 0 Å². The summed E-state index contributed by atoms with van der Waals surface area (Å²) in [5.74, 6) is 0.143. The van der Waals surface area contributed by atoms with Crippen LogP contribution in [0.3, 0.4) is 0 Å². The van der Waals surface area contributed by atoms with Crippen molar-refractivity contribution in [1.82, 2.24) is 4.90 Å². The Balaban J connectivity index is 2.65. The minimum absolute atomic E-state index is 0.143. The van der Waals surface area contributed by atoms with Crippen molar-refractivity contribution in [2.45, 2.75) is 51.6 Å². The summed E-state index contributed by atoms with van der Waals surface area (Å²) >= 11 is 0. The smallest absolute Gasteiger partial charge is 0.237 e. The van der Waals surface area contributed by atoms with Gasteiger partial charge in [0.2, 0.25) is 5.91 Å². The van der Waals surface area contributed by atoms with Crippen molar-refractivity contribution in [1.29, 1.82) is 0 Å². The van der Waals surface area contributed by atoms with Gasteiger partial charge in [0.05, 0.1) is 25.7 Å². The predicted octanol–water partition coefficient (Wildman–Crippen LogP) is 4.71. The normalized spacial score (nSPS) is 12.5. The van der Waals surface area contributed by atoms with E-state index in [4.69, 9.17) is 0 Å². The van der Waals surface area contributed by atoms with Crippen LogP contribution in [0.1, 0.15) is 45.2 Å². The van der Waals surface area contributed by atoms with Gasteiger partial charge < -0.3 is 9.38 Å². The number of benzene rings is 2. The molecule has 0 aliphatic heterocycles. The molecule has 0 N–H and O–H groups in total. The number of carbonyl (C=O) groups is 1. The van der Waals surface area contributed by atoms with Crippen LogP contribution < -0.4 is 0 Å². The molecule has 0 radical (unpaired) electrons. The van der Waals surface area contributed by atoms with E-state index in [-0.39, 0.29) is 5.91 Å². The molecule has 152 valence electrons. The van der Waals surface area contributed by atoms with Crippen molar-refractivity contribution in [3.8, 4) is 0 Å². The number of carbonyl (C=O) groups excluding carboxylic acids is 1. The third-order valence-electron chi connectivity index (χ3n) is 6.63. The highest BCUT2D eigenvalue weighted by atomic mass is 16.2. The molecule has 0 bridgehead atoms. The van der Waals surface area contributed by atoms with Gasteiger partial charge in [0.25, 0.3) is 0 Å². The molecule has 0 aromatic heterocycles. The van der Waals surface area contributed by atoms with E-state index in [2.05, 4.69) is 59.0 Å². The van der Waals surface area contributed by atoms with Crippen LogP contribution in [-0.2, 0) is 10.2 Å². The first kappa shape index (κ1) is 22.2. The lowest BCUT2D eigenvalue weighted by Crippen LogP contribution is -2.57. The number of rotatable bonds is 8. The number of likely N-dealkylation sites (N-methyl/N-ethyl adjacent to an activating group) is 1. The molecule has 1 amide bonds. The molecule has 0 spiro atoms. The summed E-state index contributed by atoms with van der Waals surface area (Å²) in [5, 5.41) is 0. The molecule has 2 aromatic rings. The van der Waals surface area contributed by atoms with Crippen LogP contribution in [0, 0.1) is 0 Å². The topological polar surface area (TPSA) is 20.3 Å². The van der Waals surface area contributed by atoms with Crippen LogP contribution in [0.2, 0.25) is 0 Å². The number of nitrogens with zero attached hydrogens (tertiary/aromatic N) is 2. The molecule has 0 heterocycles. The van der Waals surface area contributed by atoms with Gasteiger partial charge in [0.1, 0.15) is 5.41 Å². The summed E-state index contributed by atoms with van der Waals surface area (Å²) < 4.78 is 0.933. The van der Waals surface area contributed by atoms with Gasteiger partial charge in [0, 0.05) is 20.5 Å². The van der Waals surface area contributed by atoms with Crippen molar-refractivity contribution < 1.29 is 9.28 Å². The van der Waals surface area contributed by atoms with E-state index in [1.165, 1.54) is 0 Å². The highest BCUT2D eigenvalue weighted by Crippen LogP contribution is 2.39. The maximum atomic E-state index is 13.7. The average molecular weight is 382 g/mol. The number of hydrogen-bond acceptors (Lipinski definition) is 1. The Morgan fingerprint density at radius 2 is 1.25 bits per heavy atom. The van der Waals surface area contributed by atoms with Crippen molar-refractivity contribution in [3.63, 3.8) is 0 Å². The van der Waals surface area contributed by atoms with Crippen LogP contribution in [0.4, 0.5) is 0 Å². The van der Waals surface area contributed by atoms with Crippen LogP contribution in [-0.4, -0.2) is 55.1 Å². The second-order valence-corrected chi connectivity index (χ2v) is 8.84. The molecule has 0 saturated carbocycles. The van der Waals surface area contributed by atoms with Crippen molar-refractivity contribution in [2.75, 3.05) is 27.7 Å². The maximum absolute atomic E-state index is 13.7. The quantitative estimate of drug-likeness (QED) is 0.606. The molecule has 0 aliphatic carbocycles. The van der Waals surface area contributed by atoms with Gasteiger partial charge in [-0.1, -0.05) is 60.7 Å². The molecular formula is C25H37N2O+. The molecular weight excluding hydrogens is 344 g/mol. The number of quaternary nitrogens is 1. The number of amides is 1. The van der Waals surface area contributed by atoms with Gasteiger partial charge in [-0.05, 0) is 38.8 Å². The van der Waals surface area contributed by atoms with Gasteiger partial charge in [-0.25, -0.2) is 0 Å². The molecule has 0 saturated heterocycles. The summed E-state index contributed by atoms with van der Waals surface area (Å²) in [6.45, 7) is 10.0. The van der Waals surface area contributed by atoms with Gasteiger partial charge in [-0.3, -0.25) is 4.79 Å². The minimum atomic E-state index is -0.685. The highest BCUT2D eigenvalue weighted by Gasteiger charge is 2.45. The standard InChI is InChI=1S/C25H37N2O/c1-20(2)27(7,21(3)4)19-18-25(24(28)26(5)6,22-14-10-8-11-15-22)23-16-12-9-13-17-23/h8-17,20-21H,18-19H2,1-7H3/q+1. The fourth-order valence-electron chi connectivity index (χ4n) is 4.16. The molecule has 0 aliphatic rings. The van der Waals surface area contributed by atoms with E-state index in [1.54, 1.807) is 4.90 Å². The molecule has 3 heteroatoms. The summed E-state index contributed by atoms with van der Waals surface area (Å²) in [6.07, 6.45) is 0.769. The van der Waals surface area contributed by atoms with Crippen LogP contribution in [0.5, 0.6) is 0 Å². The van der Waals surface area contributed by atoms with E-state index >= 15 is 0 Å². The lowest BCUT2D eigenvalue weighted by molar-refractivity contribution is -0.949. The fourth-order valence-corrected chi connectivity index (χ4v) is 4.16. The van der Waals surface area contributed by atoms with E-state index in [0.29, 0.717) is 12.1 Å². The summed E-state index contributed by atoms with van der Waals surface area (Å²) in [5.41, 5.74) is 1.45. The Morgan fingerprint density at radius 1 is 0.857 bits per heavy atom. The van der Waals surface area contributed by atoms with Crippen LogP contribution in [0.15, 0.2) is 60.7 Å². The summed E-state index contributed by atoms with van der Waals surface area (Å²) in [6, 6.07) is 21.6. The van der Waals surface area contributed by atoms with E-state index in [0.717, 1.165) is 28.6 Å². The molecule has 0 fully saturated rings. The lowest BCUT2D eigenvalue weighted by atomic mass is 9.70. The SMILES string of the molecule is CC(C)[N+](C)(CCC(C(=O)N(C)C)(c1ccccc1)c1ccccc1)C(C)C. The first-order valence-electron chi connectivity index (χ1n) is 10.3. The number of hydrogen-bond donors (Lipinski definition) is 0. The maximum Gasteiger partial charge on any atom is 0.237 e. The zero-order valence-electron chi connectivity index (χ0n) is 18.6. The Labute approximate surface area is 171 Å². The fraction of sp³-hybridized carbons (Fsp3) is 0.480. The molecule has 0 unspecified atom stereocenters. The zero-order chi connectivity index (χ0) is 20.9. The molecule has 2 rings (SSSR count). The third kappa shape index (κ3) is 4.15. The van der Waals surface area contributed by atoms with Crippen molar-refractivity contribution in [2.24, 2.45) is 0 Å². The summed E-state index contributed by atoms with van der Waals surface area (Å²) in [4.78, 5) is 15.5. The van der Waals surface area contributed by atoms with Crippen LogP contribution >= 0.6 is 0 Å². The Hall–Kier alpha value is -2.13. The summed E-state index contributed by atoms with van der Waals surface area (Å²) in [7, 11) is 6.04. The molecule has 0 atom stereocenters. The Bertz CT molecular complexity index is 703. The second-order valence-electron chi connectivity index (χ2n) is 8.84. The van der Waals surface area contributed by atoms with E-state index < -0.39 is 5.41 Å². The zero-order valence-corrected chi connectivity index (χ0v) is 18.6. The van der Waals surface area contributed by atoms with Crippen molar-refractivity contribution >= 4 is 5.91 Å². The van der Waals surface area contributed by atoms with Gasteiger partial charge in [-0.2, -0.15) is 0 Å². The average Bonchev–Trinajstić information content (AvgIpc) is 2.69. The van der Waals surface area contributed by atoms with Crippen LogP contribution in [0.25, 0.3) is 0 Å². The minimum Gasteiger partial charge on any atom is -0.348 e. The largest absolute Gasteiger partial charge is 0.348 e. The van der Waals surface area contributed by atoms with Crippen molar-refractivity contribution in [3.05, 3.63) is 71.8 Å². The van der Waals surface area contributed by atoms with E-state index in [1.807, 2.05) is 50.5 Å². The Kier molecular flexibility index (Phi) is 7.06. The first-order chi connectivity index (χ1) is 13.2. The second kappa shape index (κ2) is 8.91. The predicted molar refractivity (Wildman–Crippen MR) is 118 cm³/mol. The monoisotopic (exact) mass is 381 g/mol. The van der Waals surface area contributed by atoms with Gasteiger partial charge in [-0.15, -0.1) is 0 Å². The first-order valence-corrected chi connectivity index (χ1v) is 10.3. The molecule has 2 aromatic carbocycles.